The highest BCUT2D eigenvalue weighted by atomic mass is 35.5. The van der Waals surface area contributed by atoms with E-state index in [1.54, 1.807) is 150 Å². The van der Waals surface area contributed by atoms with Crippen LogP contribution in [-0.2, 0) is 0 Å². The van der Waals surface area contributed by atoms with E-state index in [4.69, 9.17) is 46.4 Å². The van der Waals surface area contributed by atoms with Crippen LogP contribution >= 0.6 is 46.4 Å². The van der Waals surface area contributed by atoms with Crippen LogP contribution in [0.3, 0.4) is 0 Å². The molecule has 24 nitrogen and oxygen atoms in total. The summed E-state index contributed by atoms with van der Waals surface area (Å²) in [6.07, 6.45) is 29.6. The van der Waals surface area contributed by atoms with Crippen LogP contribution in [0.5, 0.6) is 0 Å². The normalized spacial score (nSPS) is 11.0. The van der Waals surface area contributed by atoms with Gasteiger partial charge in [-0.25, -0.2) is 84.7 Å². The van der Waals surface area contributed by atoms with Crippen molar-refractivity contribution in [2.45, 2.75) is 13.8 Å². The van der Waals surface area contributed by atoms with E-state index in [0.717, 1.165) is 118 Å². The van der Waals surface area contributed by atoms with Crippen LogP contribution in [0.4, 0.5) is 26.3 Å². The number of hydrogen-bond donors (Lipinski definition) is 0. The van der Waals surface area contributed by atoms with Gasteiger partial charge < -0.3 is 0 Å². The molecule has 24 aromatic rings. The second-order valence-electron chi connectivity index (χ2n) is 31.1. The average molecular weight is 1940 g/mol. The van der Waals surface area contributed by atoms with Crippen LogP contribution in [0.2, 0.25) is 20.1 Å². The minimum atomic E-state index is -0.805. The highest BCUT2D eigenvalue weighted by Gasteiger charge is 2.22. The Morgan fingerprint density at radius 1 is 0.227 bits per heavy atom. The summed E-state index contributed by atoms with van der Waals surface area (Å²) in [7, 11) is 0. The third-order valence-corrected chi connectivity index (χ3v) is 23.0. The Bertz CT molecular complexity index is 8450. The third kappa shape index (κ3) is 20.9. The lowest BCUT2D eigenvalue weighted by atomic mass is 9.98. The number of rotatable bonds is 12. The standard InChI is InChI=1S/C19H13FN4.C18H10ClFN4.C18H11ClN4.C18H13FN4.C17H9ClF2N4.C17H10ClFN4/c1-12-11-13(4-5-15(12)20)18-14(3-2-8-22-18)16-6-7-17-19(24-16)23-10-9-21-17;19-13-10-11(3-4-14(13)20)17-12(2-1-7-22-17)15-5-6-16-18(24-15)23-9-8-21-16;19-13-4-1-3-12(11-13)17-14(5-2-8-21-17)15-6-7-16-18(23-15)22-10-9-20-16;1-12-4-5-16(19)15(9-12)18-14(3-2-7-20-18)13-6-8-23-17(10-13)21-11-22-23;18-13-7-12(14(19)8-15(13)20)17-11(2-1-4-21-17)10-3-5-24-16(6-10)22-9-23-24;18-12-3-4-15(19)14(9-12)17-13(2-1-6-20-17)11-5-7-23-16(8-11)21-10-22-23/h2-11H,1H3;1-10H;1-11H;2-11H,1H3;1-9H;1-10H. The summed E-state index contributed by atoms with van der Waals surface area (Å²) in [6.45, 7) is 3.68. The van der Waals surface area contributed by atoms with E-state index < -0.39 is 17.5 Å². The molecule has 18 heterocycles. The zero-order valence-electron chi connectivity index (χ0n) is 73.7. The first-order valence-corrected chi connectivity index (χ1v) is 44.5. The summed E-state index contributed by atoms with van der Waals surface area (Å²) in [6, 6.07) is 73.8. The molecule has 0 aliphatic rings. The smallest absolute Gasteiger partial charge is 0.178 e. The van der Waals surface area contributed by atoms with Gasteiger partial charge in [-0.1, -0.05) is 88.4 Å². The first-order valence-electron chi connectivity index (χ1n) is 43.0. The molecular weight excluding hydrogens is 1880 g/mol. The number of pyridine rings is 12. The lowest BCUT2D eigenvalue weighted by Crippen LogP contribution is -1.95. The molecule has 24 rings (SSSR count). The van der Waals surface area contributed by atoms with Crippen LogP contribution in [0, 0.1) is 48.8 Å². The van der Waals surface area contributed by atoms with Crippen LogP contribution < -0.4 is 0 Å². The van der Waals surface area contributed by atoms with Gasteiger partial charge >= 0.3 is 0 Å². The van der Waals surface area contributed by atoms with E-state index in [0.29, 0.717) is 89.0 Å². The molecule has 0 atom stereocenters. The molecule has 0 unspecified atom stereocenters. The highest BCUT2D eigenvalue weighted by Crippen LogP contribution is 2.41. The van der Waals surface area contributed by atoms with Crippen molar-refractivity contribution < 1.29 is 26.3 Å². The maximum atomic E-state index is 14.3. The van der Waals surface area contributed by atoms with Crippen LogP contribution in [-0.4, -0.2) is 119 Å². The van der Waals surface area contributed by atoms with Gasteiger partial charge in [0.1, 0.15) is 70.4 Å². The zero-order chi connectivity index (χ0) is 97.0. The van der Waals surface area contributed by atoms with Gasteiger partial charge in [-0.05, 0) is 248 Å². The van der Waals surface area contributed by atoms with E-state index >= 15 is 0 Å². The first kappa shape index (κ1) is 92.4. The summed E-state index contributed by atoms with van der Waals surface area (Å²) < 4.78 is 88.2. The number of fused-ring (bicyclic) bond motifs is 6. The average Bonchev–Trinajstić information content (AvgIpc) is 1.74. The van der Waals surface area contributed by atoms with Crippen molar-refractivity contribution in [3.8, 4) is 135 Å². The fourth-order valence-electron chi connectivity index (χ4n) is 15.3. The summed E-state index contributed by atoms with van der Waals surface area (Å²) in [5.74, 6) is -2.86. The molecule has 0 amide bonds. The molecule has 0 radical (unpaired) electrons. The molecule has 18 aromatic heterocycles. The van der Waals surface area contributed by atoms with E-state index in [-0.39, 0.29) is 33.1 Å². The number of aromatic nitrogens is 24. The number of benzene rings is 6. The minimum absolute atomic E-state index is 0.0569. The minimum Gasteiger partial charge on any atom is -0.256 e. The van der Waals surface area contributed by atoms with E-state index in [9.17, 15) is 26.3 Å². The Labute approximate surface area is 817 Å². The maximum Gasteiger partial charge on any atom is 0.178 e. The lowest BCUT2D eigenvalue weighted by Gasteiger charge is -2.10. The summed E-state index contributed by atoms with van der Waals surface area (Å²) in [5, 5.41) is 13.2. The fraction of sp³-hybridized carbons (Fsp3) is 0.0187. The van der Waals surface area contributed by atoms with Crippen LogP contribution in [0.25, 0.3) is 185 Å². The van der Waals surface area contributed by atoms with Crippen molar-refractivity contribution in [3.05, 3.63) is 433 Å². The van der Waals surface area contributed by atoms with Gasteiger partial charge in [0.15, 0.2) is 33.9 Å². The van der Waals surface area contributed by atoms with Crippen molar-refractivity contribution in [1.29, 1.82) is 0 Å². The lowest BCUT2D eigenvalue weighted by molar-refractivity contribution is 0.585. The predicted octanol–water partition coefficient (Wildman–Crippen LogP) is 25.7. The van der Waals surface area contributed by atoms with Gasteiger partial charge in [-0.2, -0.15) is 15.3 Å². The van der Waals surface area contributed by atoms with Crippen molar-refractivity contribution in [1.82, 2.24) is 119 Å². The monoisotopic (exact) mass is 1940 g/mol. The molecule has 0 fully saturated rings. The van der Waals surface area contributed by atoms with Crippen LogP contribution in [0.15, 0.2) is 367 Å². The molecule has 684 valence electrons. The number of aryl methyl sites for hydroxylation is 2. The Morgan fingerprint density at radius 2 is 0.589 bits per heavy atom. The Hall–Kier alpha value is -17.7. The van der Waals surface area contributed by atoms with Gasteiger partial charge in [0.25, 0.3) is 0 Å². The van der Waals surface area contributed by atoms with Crippen molar-refractivity contribution in [2.24, 2.45) is 0 Å². The van der Waals surface area contributed by atoms with E-state index in [2.05, 4.69) is 105 Å². The van der Waals surface area contributed by atoms with E-state index in [1.807, 2.05) is 183 Å². The second-order valence-corrected chi connectivity index (χ2v) is 32.8. The topological polar surface area (TPSA) is 284 Å². The molecule has 0 aliphatic carbocycles. The van der Waals surface area contributed by atoms with Gasteiger partial charge in [0, 0.05) is 176 Å². The van der Waals surface area contributed by atoms with Gasteiger partial charge in [0.05, 0.1) is 61.3 Å². The summed E-state index contributed by atoms with van der Waals surface area (Å²) in [4.78, 5) is 78.1. The van der Waals surface area contributed by atoms with Gasteiger partial charge in [0.2, 0.25) is 0 Å². The molecular formula is C107H66Cl4F6N24. The molecule has 34 heteroatoms. The number of hydrogen-bond acceptors (Lipinski definition) is 21. The van der Waals surface area contributed by atoms with Gasteiger partial charge in [-0.15, -0.1) is 0 Å². The highest BCUT2D eigenvalue weighted by molar-refractivity contribution is 6.32. The first-order chi connectivity index (χ1) is 68.8. The van der Waals surface area contributed by atoms with Gasteiger partial charge in [-0.3, -0.25) is 44.9 Å². The Kier molecular flexibility index (Phi) is 27.4. The SMILES string of the molecule is Cc1cc(-c2ncccc2-c2ccc3nccnc3n2)ccc1F.Cc1ccc(F)c(-c2ncccc2-c2ccn3ncnc3c2)c1.Clc1cccc(-c2ncccc2-c2ccc3nccnc3n2)c1.Fc1cc(F)c(-c2ncccc2-c2ccn3ncnc3c2)cc1Cl.Fc1ccc(-c2ncccc2-c2ccc3nccnc3n2)cc1Cl.Fc1ccc(Cl)cc1-c1ncccc1-c1ccn2ncnc2c1. The van der Waals surface area contributed by atoms with Crippen molar-refractivity contribution >= 4 is 96.8 Å². The molecule has 0 saturated heterocycles. The van der Waals surface area contributed by atoms with Crippen molar-refractivity contribution in [2.75, 3.05) is 0 Å². The maximum absolute atomic E-state index is 14.3. The molecule has 141 heavy (non-hydrogen) atoms. The predicted molar refractivity (Wildman–Crippen MR) is 532 cm³/mol. The largest absolute Gasteiger partial charge is 0.256 e. The Balaban J connectivity index is 0.000000108. The van der Waals surface area contributed by atoms with Crippen molar-refractivity contribution in [3.63, 3.8) is 0 Å². The quantitative estimate of drug-likeness (QED) is 0.0811. The number of halogens is 10. The molecule has 6 aromatic carbocycles. The second kappa shape index (κ2) is 41.9. The summed E-state index contributed by atoms with van der Waals surface area (Å²) in [5.41, 5.74) is 24.9. The number of nitrogens with zero attached hydrogens (tertiary/aromatic N) is 24. The molecule has 0 aliphatic heterocycles. The molecule has 0 saturated carbocycles. The van der Waals surface area contributed by atoms with Crippen LogP contribution in [0.1, 0.15) is 11.1 Å². The van der Waals surface area contributed by atoms with E-state index in [1.165, 1.54) is 55.4 Å². The Morgan fingerprint density at radius 3 is 1.01 bits per heavy atom. The fourth-order valence-corrected chi connectivity index (χ4v) is 16.0. The summed E-state index contributed by atoms with van der Waals surface area (Å²) >= 11 is 23.8. The third-order valence-electron chi connectivity index (χ3n) is 22.0. The molecule has 0 N–H and O–H groups in total. The molecule has 0 spiro atoms. The zero-order valence-corrected chi connectivity index (χ0v) is 76.7. The molecule has 0 bridgehead atoms.